The third-order valence-corrected chi connectivity index (χ3v) is 6.42. The molecule has 4 heterocycles. The third kappa shape index (κ3) is 5.00. The molecule has 0 spiro atoms. The normalized spacial score (nSPS) is 10.8. The summed E-state index contributed by atoms with van der Waals surface area (Å²) in [6, 6.07) is 16.3. The standard InChI is InChI=1S/2C14H12N2.2ClH.Ru/c2*1-9-10(2)12-6-4-8-16-14(12)13-11(9)5-3-7-15-13;;;/h2*3-8H,1-2H3;2*1H;/q;;;;+2/p-2. The monoisotopic (exact) mass is 588 g/mol. The van der Waals surface area contributed by atoms with Crippen LogP contribution in [0.25, 0.3) is 43.6 Å². The van der Waals surface area contributed by atoms with Crippen molar-refractivity contribution >= 4 is 63.0 Å². The van der Waals surface area contributed by atoms with Gasteiger partial charge in [0.2, 0.25) is 0 Å². The van der Waals surface area contributed by atoms with Gasteiger partial charge in [-0.3, -0.25) is 19.9 Å². The Balaban J connectivity index is 0.000000149. The topological polar surface area (TPSA) is 51.6 Å². The average molecular weight is 589 g/mol. The van der Waals surface area contributed by atoms with Gasteiger partial charge in [0.1, 0.15) is 0 Å². The molecule has 6 rings (SSSR count). The predicted molar refractivity (Wildman–Crippen MR) is 145 cm³/mol. The summed E-state index contributed by atoms with van der Waals surface area (Å²) < 4.78 is 0. The van der Waals surface area contributed by atoms with Crippen LogP contribution < -0.4 is 0 Å². The van der Waals surface area contributed by atoms with E-state index in [0.29, 0.717) is 0 Å². The summed E-state index contributed by atoms with van der Waals surface area (Å²) >= 11 is -0.346. The fourth-order valence-electron chi connectivity index (χ4n) is 4.39. The van der Waals surface area contributed by atoms with Crippen LogP contribution in [0.5, 0.6) is 0 Å². The molecule has 35 heavy (non-hydrogen) atoms. The van der Waals surface area contributed by atoms with Gasteiger partial charge in [-0.1, -0.05) is 24.3 Å². The van der Waals surface area contributed by atoms with Crippen molar-refractivity contribution in [1.82, 2.24) is 19.9 Å². The molecule has 0 amide bonds. The number of nitrogens with zero attached hydrogens (tertiary/aromatic N) is 4. The van der Waals surface area contributed by atoms with Gasteiger partial charge in [-0.25, -0.2) is 0 Å². The SMILES string of the molecule is Cc1c(C)c2cccnc2c2ncccc12.Cc1c(C)c2cccnc2c2ncccc12.[Cl][Ru][Cl]. The summed E-state index contributed by atoms with van der Waals surface area (Å²) in [7, 11) is 9.71. The summed E-state index contributed by atoms with van der Waals surface area (Å²) in [5, 5.41) is 4.80. The Morgan fingerprint density at radius 2 is 0.657 bits per heavy atom. The molecule has 2 aromatic carbocycles. The van der Waals surface area contributed by atoms with E-state index in [1.54, 1.807) is 0 Å². The van der Waals surface area contributed by atoms with Gasteiger partial charge in [0.15, 0.2) is 0 Å². The number of pyridine rings is 4. The van der Waals surface area contributed by atoms with Crippen LogP contribution in [0, 0.1) is 27.7 Å². The fourth-order valence-corrected chi connectivity index (χ4v) is 4.39. The van der Waals surface area contributed by atoms with E-state index in [1.165, 1.54) is 43.8 Å². The van der Waals surface area contributed by atoms with Crippen LogP contribution in [-0.2, 0) is 15.1 Å². The van der Waals surface area contributed by atoms with Crippen LogP contribution in [0.4, 0.5) is 0 Å². The number of hydrogen-bond acceptors (Lipinski definition) is 4. The van der Waals surface area contributed by atoms with Gasteiger partial charge < -0.3 is 0 Å². The van der Waals surface area contributed by atoms with Crippen molar-refractivity contribution in [2.45, 2.75) is 27.7 Å². The Hall–Kier alpha value is -2.72. The van der Waals surface area contributed by atoms with Gasteiger partial charge in [0, 0.05) is 46.3 Å². The Labute approximate surface area is 220 Å². The van der Waals surface area contributed by atoms with Crippen molar-refractivity contribution in [3.8, 4) is 0 Å². The van der Waals surface area contributed by atoms with E-state index in [-0.39, 0.29) is 15.1 Å². The summed E-state index contributed by atoms with van der Waals surface area (Å²) in [6.07, 6.45) is 7.30. The Morgan fingerprint density at radius 3 is 0.857 bits per heavy atom. The summed E-state index contributed by atoms with van der Waals surface area (Å²) in [4.78, 5) is 17.8. The molecule has 0 aliphatic carbocycles. The summed E-state index contributed by atoms with van der Waals surface area (Å²) in [5.41, 5.74) is 9.18. The molecule has 0 N–H and O–H groups in total. The zero-order valence-corrected chi connectivity index (χ0v) is 23.1. The van der Waals surface area contributed by atoms with Gasteiger partial charge in [0.05, 0.1) is 22.1 Å². The zero-order chi connectivity index (χ0) is 24.9. The van der Waals surface area contributed by atoms with Gasteiger partial charge in [-0.15, -0.1) is 0 Å². The van der Waals surface area contributed by atoms with Crippen molar-refractivity contribution in [2.75, 3.05) is 0 Å². The first-order valence-corrected chi connectivity index (χ1v) is 15.5. The number of aromatic nitrogens is 4. The van der Waals surface area contributed by atoms with Gasteiger partial charge in [-0.05, 0) is 74.2 Å². The summed E-state index contributed by atoms with van der Waals surface area (Å²) in [5.74, 6) is 0. The van der Waals surface area contributed by atoms with Crippen LogP contribution in [0.1, 0.15) is 22.3 Å². The number of benzene rings is 2. The van der Waals surface area contributed by atoms with E-state index in [0.717, 1.165) is 22.1 Å². The molecule has 4 aromatic heterocycles. The second kappa shape index (κ2) is 11.3. The molecule has 0 saturated heterocycles. The van der Waals surface area contributed by atoms with Gasteiger partial charge >= 0.3 is 34.5 Å². The van der Waals surface area contributed by atoms with Crippen molar-refractivity contribution in [2.24, 2.45) is 0 Å². The minimum atomic E-state index is -0.346. The van der Waals surface area contributed by atoms with E-state index in [4.69, 9.17) is 19.4 Å². The van der Waals surface area contributed by atoms with Gasteiger partial charge in [-0.2, -0.15) is 0 Å². The quantitative estimate of drug-likeness (QED) is 0.133. The maximum absolute atomic E-state index is 4.85. The third-order valence-electron chi connectivity index (χ3n) is 6.42. The number of fused-ring (bicyclic) bond motifs is 6. The van der Waals surface area contributed by atoms with Crippen LogP contribution in [0.3, 0.4) is 0 Å². The predicted octanol–water partition coefficient (Wildman–Crippen LogP) is 8.18. The van der Waals surface area contributed by atoms with Crippen molar-refractivity contribution in [3.63, 3.8) is 0 Å². The van der Waals surface area contributed by atoms with Crippen LogP contribution in [0.2, 0.25) is 0 Å². The minimum absolute atomic E-state index is 0.346. The zero-order valence-electron chi connectivity index (χ0n) is 19.8. The van der Waals surface area contributed by atoms with E-state index < -0.39 is 0 Å². The first-order chi connectivity index (χ1) is 17.0. The van der Waals surface area contributed by atoms with Crippen molar-refractivity contribution < 1.29 is 15.1 Å². The Bertz CT molecular complexity index is 1410. The number of hydrogen-bond donors (Lipinski definition) is 0. The van der Waals surface area contributed by atoms with Crippen LogP contribution >= 0.6 is 19.4 Å². The van der Waals surface area contributed by atoms with Crippen LogP contribution in [-0.4, -0.2) is 19.9 Å². The molecular weight excluding hydrogens is 564 g/mol. The molecular formula is C28H24Cl2N4Ru. The number of rotatable bonds is 0. The molecule has 6 aromatic rings. The second-order valence-corrected chi connectivity index (χ2v) is 10.8. The molecule has 0 atom stereocenters. The van der Waals surface area contributed by atoms with Crippen molar-refractivity contribution in [3.05, 3.63) is 95.6 Å². The molecule has 0 bridgehead atoms. The molecule has 7 heteroatoms. The second-order valence-electron chi connectivity index (χ2n) is 8.15. The first-order valence-electron chi connectivity index (χ1n) is 11.0. The van der Waals surface area contributed by atoms with Crippen molar-refractivity contribution in [1.29, 1.82) is 0 Å². The first kappa shape index (κ1) is 25.4. The molecule has 0 unspecified atom stereocenters. The molecule has 0 saturated carbocycles. The van der Waals surface area contributed by atoms with Crippen LogP contribution in [0.15, 0.2) is 73.3 Å². The molecule has 4 nitrogen and oxygen atoms in total. The molecule has 0 radical (unpaired) electrons. The molecule has 0 fully saturated rings. The molecule has 0 aliphatic rings. The maximum atomic E-state index is 4.85. The Morgan fingerprint density at radius 1 is 0.457 bits per heavy atom. The summed E-state index contributed by atoms with van der Waals surface area (Å²) in [6.45, 7) is 8.58. The molecule has 0 aliphatic heterocycles. The van der Waals surface area contributed by atoms with Gasteiger partial charge in [0.25, 0.3) is 0 Å². The van der Waals surface area contributed by atoms with E-state index in [9.17, 15) is 0 Å². The van der Waals surface area contributed by atoms with E-state index in [2.05, 4.69) is 71.9 Å². The average Bonchev–Trinajstić information content (AvgIpc) is 2.91. The fraction of sp³-hybridized carbons (Fsp3) is 0.143. The Kier molecular flexibility index (Phi) is 8.23. The van der Waals surface area contributed by atoms with E-state index >= 15 is 0 Å². The number of halogens is 2. The number of aryl methyl sites for hydroxylation is 4. The van der Waals surface area contributed by atoms with E-state index in [1.807, 2.05) is 49.1 Å². The molecule has 178 valence electrons.